The molecule has 0 rings (SSSR count). The highest BCUT2D eigenvalue weighted by Crippen LogP contribution is 2.09. The lowest BCUT2D eigenvalue weighted by molar-refractivity contribution is -0.163. The molecule has 0 aromatic heterocycles. The fourth-order valence-electron chi connectivity index (χ4n) is 1.80. The van der Waals surface area contributed by atoms with Crippen molar-refractivity contribution in [1.82, 2.24) is 4.90 Å². The topological polar surface area (TPSA) is 184 Å². The van der Waals surface area contributed by atoms with Crippen molar-refractivity contribution in [2.45, 2.75) is 37.8 Å². The van der Waals surface area contributed by atoms with Crippen LogP contribution in [-0.2, 0) is 19.2 Å². The Bertz CT molecular complexity index is 413. The third kappa shape index (κ3) is 6.50. The molecule has 0 aromatic rings. The second-order valence-electron chi connectivity index (χ2n) is 4.65. The molecule has 0 aliphatic heterocycles. The van der Waals surface area contributed by atoms with Gasteiger partial charge >= 0.3 is 17.9 Å². The summed E-state index contributed by atoms with van der Waals surface area (Å²) in [5.74, 6) is -5.72. The molecular formula is C12H21N3O7. The summed E-state index contributed by atoms with van der Waals surface area (Å²) in [6.45, 7) is -0.154. The van der Waals surface area contributed by atoms with E-state index in [1.54, 1.807) is 0 Å². The lowest BCUT2D eigenvalue weighted by atomic mass is 10.1. The number of hydrogen-bond acceptors (Lipinski definition) is 6. The molecule has 0 spiro atoms. The monoisotopic (exact) mass is 319 g/mol. The highest BCUT2D eigenvalue weighted by molar-refractivity contribution is 6.01. The third-order valence-corrected chi connectivity index (χ3v) is 2.92. The van der Waals surface area contributed by atoms with Gasteiger partial charge in [-0.3, -0.25) is 9.59 Å². The van der Waals surface area contributed by atoms with Crippen molar-refractivity contribution < 1.29 is 34.5 Å². The number of carboxylic acids is 3. The number of hydrogen-bond donors (Lipinski definition) is 5. The maximum Gasteiger partial charge on any atom is 0.338 e. The van der Waals surface area contributed by atoms with Crippen molar-refractivity contribution >= 4 is 23.8 Å². The maximum absolute atomic E-state index is 12.2. The predicted molar refractivity (Wildman–Crippen MR) is 73.9 cm³/mol. The van der Waals surface area contributed by atoms with Gasteiger partial charge in [-0.15, -0.1) is 0 Å². The molecule has 10 heteroatoms. The van der Waals surface area contributed by atoms with Gasteiger partial charge in [0.25, 0.3) is 0 Å². The molecule has 1 atom stereocenters. The van der Waals surface area contributed by atoms with Crippen LogP contribution in [0.5, 0.6) is 0 Å². The first-order valence-electron chi connectivity index (χ1n) is 6.65. The molecule has 7 N–H and O–H groups in total. The Labute approximate surface area is 126 Å². The molecule has 1 amide bonds. The lowest BCUT2D eigenvalue weighted by Gasteiger charge is -2.28. The zero-order valence-corrected chi connectivity index (χ0v) is 12.0. The Morgan fingerprint density at radius 3 is 1.95 bits per heavy atom. The molecule has 0 aliphatic carbocycles. The molecule has 0 radical (unpaired) electrons. The number of rotatable bonds is 11. The summed E-state index contributed by atoms with van der Waals surface area (Å²) in [6.07, 6.45) is 0.738. The summed E-state index contributed by atoms with van der Waals surface area (Å²) >= 11 is 0. The average molecular weight is 319 g/mol. The molecular weight excluding hydrogens is 298 g/mol. The number of amides is 1. The Morgan fingerprint density at radius 1 is 1.00 bits per heavy atom. The summed E-state index contributed by atoms with van der Waals surface area (Å²) in [5.41, 5.74) is 10.9. The van der Waals surface area contributed by atoms with E-state index in [2.05, 4.69) is 0 Å². The summed E-state index contributed by atoms with van der Waals surface area (Å²) in [4.78, 5) is 45.3. The number of carbonyl (C=O) groups is 4. The van der Waals surface area contributed by atoms with E-state index in [1.165, 1.54) is 0 Å². The van der Waals surface area contributed by atoms with Gasteiger partial charge in [0.1, 0.15) is 0 Å². The molecule has 126 valence electrons. The van der Waals surface area contributed by atoms with Crippen molar-refractivity contribution in [3.63, 3.8) is 0 Å². The minimum Gasteiger partial charge on any atom is -0.481 e. The molecule has 10 nitrogen and oxygen atoms in total. The van der Waals surface area contributed by atoms with Gasteiger partial charge in [-0.2, -0.15) is 0 Å². The number of unbranched alkanes of at least 4 members (excludes halogenated alkanes) is 1. The highest BCUT2D eigenvalue weighted by atomic mass is 16.4. The first-order chi connectivity index (χ1) is 10.2. The highest BCUT2D eigenvalue weighted by Gasteiger charge is 2.37. The van der Waals surface area contributed by atoms with Gasteiger partial charge in [-0.1, -0.05) is 6.42 Å². The Morgan fingerprint density at radius 2 is 1.55 bits per heavy atom. The Hall–Kier alpha value is -2.20. The van der Waals surface area contributed by atoms with Gasteiger partial charge < -0.3 is 31.7 Å². The molecule has 0 aliphatic rings. The van der Waals surface area contributed by atoms with Crippen LogP contribution in [0.3, 0.4) is 0 Å². The largest absolute Gasteiger partial charge is 0.481 e. The maximum atomic E-state index is 12.2. The fourth-order valence-corrected chi connectivity index (χ4v) is 1.80. The van der Waals surface area contributed by atoms with E-state index < -0.39 is 48.9 Å². The minimum absolute atomic E-state index is 0.200. The van der Waals surface area contributed by atoms with Crippen LogP contribution in [0.2, 0.25) is 0 Å². The van der Waals surface area contributed by atoms with E-state index in [9.17, 15) is 19.2 Å². The molecule has 0 heterocycles. The van der Waals surface area contributed by atoms with Gasteiger partial charge in [-0.05, 0) is 19.4 Å². The number of carbonyl (C=O) groups excluding carboxylic acids is 1. The standard InChI is InChI=1S/C12H21N3O7/c13-5-2-1-3-7(14)10(18)15(6-4-8(16)17)9(11(19)20)12(21)22/h7,9H,1-6,13-14H2,(H,16,17)(H,19,20)(H,21,22)/t7-/m0/s1. The van der Waals surface area contributed by atoms with Crippen LogP contribution < -0.4 is 11.5 Å². The molecule has 0 unspecified atom stereocenters. The zero-order valence-electron chi connectivity index (χ0n) is 12.0. The van der Waals surface area contributed by atoms with Gasteiger partial charge in [0, 0.05) is 6.54 Å². The van der Waals surface area contributed by atoms with E-state index in [0.29, 0.717) is 24.3 Å². The molecule has 22 heavy (non-hydrogen) atoms. The number of nitrogens with zero attached hydrogens (tertiary/aromatic N) is 1. The Kier molecular flexibility index (Phi) is 8.72. The zero-order chi connectivity index (χ0) is 17.3. The second-order valence-corrected chi connectivity index (χ2v) is 4.65. The smallest absolute Gasteiger partial charge is 0.338 e. The summed E-state index contributed by atoms with van der Waals surface area (Å²) < 4.78 is 0. The molecule has 0 saturated carbocycles. The molecule has 0 aromatic carbocycles. The van der Waals surface area contributed by atoms with Gasteiger partial charge in [0.2, 0.25) is 11.9 Å². The summed E-state index contributed by atoms with van der Waals surface area (Å²) in [7, 11) is 0. The molecule has 0 fully saturated rings. The quantitative estimate of drug-likeness (QED) is 0.218. The molecule has 0 saturated heterocycles. The fraction of sp³-hybridized carbons (Fsp3) is 0.667. The van der Waals surface area contributed by atoms with Crippen molar-refractivity contribution in [1.29, 1.82) is 0 Å². The van der Waals surface area contributed by atoms with Crippen molar-refractivity contribution in [3.8, 4) is 0 Å². The summed E-state index contributed by atoms with van der Waals surface area (Å²) in [5, 5.41) is 26.5. The first-order valence-corrected chi connectivity index (χ1v) is 6.65. The van der Waals surface area contributed by atoms with Crippen molar-refractivity contribution in [2.24, 2.45) is 11.5 Å². The van der Waals surface area contributed by atoms with Gasteiger partial charge in [0.05, 0.1) is 12.5 Å². The summed E-state index contributed by atoms with van der Waals surface area (Å²) in [6, 6.07) is -3.28. The van der Waals surface area contributed by atoms with E-state index >= 15 is 0 Å². The average Bonchev–Trinajstić information content (AvgIpc) is 2.41. The van der Waals surface area contributed by atoms with E-state index in [1.807, 2.05) is 0 Å². The molecule has 0 bridgehead atoms. The van der Waals surface area contributed by atoms with Crippen LogP contribution in [0.1, 0.15) is 25.7 Å². The number of nitrogens with two attached hydrogens (primary N) is 2. The van der Waals surface area contributed by atoms with Gasteiger partial charge in [-0.25, -0.2) is 9.59 Å². The Balaban J connectivity index is 5.11. The van der Waals surface area contributed by atoms with Crippen LogP contribution in [-0.4, -0.2) is 69.2 Å². The van der Waals surface area contributed by atoms with Crippen LogP contribution in [0.25, 0.3) is 0 Å². The lowest BCUT2D eigenvalue weighted by Crippen LogP contribution is -2.55. The normalized spacial score (nSPS) is 12.0. The van der Waals surface area contributed by atoms with Gasteiger partial charge in [0.15, 0.2) is 0 Å². The van der Waals surface area contributed by atoms with E-state index in [-0.39, 0.29) is 6.42 Å². The third-order valence-electron chi connectivity index (χ3n) is 2.92. The predicted octanol–water partition coefficient (Wildman–Crippen LogP) is -1.72. The van der Waals surface area contributed by atoms with Crippen LogP contribution in [0.15, 0.2) is 0 Å². The van der Waals surface area contributed by atoms with Crippen LogP contribution >= 0.6 is 0 Å². The number of aliphatic carboxylic acids is 3. The van der Waals surface area contributed by atoms with Crippen LogP contribution in [0.4, 0.5) is 0 Å². The first kappa shape index (κ1) is 19.8. The SMILES string of the molecule is NCCCC[C@H](N)C(=O)N(CCC(=O)O)C(C(=O)O)C(=O)O. The van der Waals surface area contributed by atoms with Crippen molar-refractivity contribution in [2.75, 3.05) is 13.1 Å². The number of carboxylic acid groups (broad SMARTS) is 3. The van der Waals surface area contributed by atoms with E-state index in [0.717, 1.165) is 0 Å². The minimum atomic E-state index is -2.17. The van der Waals surface area contributed by atoms with Crippen molar-refractivity contribution in [3.05, 3.63) is 0 Å². The van der Waals surface area contributed by atoms with Crippen LogP contribution in [0, 0.1) is 0 Å². The second kappa shape index (κ2) is 9.68. The van der Waals surface area contributed by atoms with E-state index in [4.69, 9.17) is 26.8 Å².